The third-order valence-electron chi connectivity index (χ3n) is 3.48. The highest BCUT2D eigenvalue weighted by Crippen LogP contribution is 2.24. The van der Waals surface area contributed by atoms with E-state index in [0.29, 0.717) is 0 Å². The van der Waals surface area contributed by atoms with E-state index in [1.807, 2.05) is 0 Å². The van der Waals surface area contributed by atoms with E-state index in [1.54, 1.807) is 0 Å². The van der Waals surface area contributed by atoms with E-state index in [9.17, 15) is 0 Å². The molecule has 1 aromatic rings. The summed E-state index contributed by atoms with van der Waals surface area (Å²) in [5.74, 6) is 0. The molecule has 1 saturated carbocycles. The van der Waals surface area contributed by atoms with Crippen LogP contribution in [0.1, 0.15) is 45.1 Å². The molecule has 0 spiro atoms. The largest absolute Gasteiger partial charge is 0.371 e. The summed E-state index contributed by atoms with van der Waals surface area (Å²) in [6.45, 7) is 7.86. The van der Waals surface area contributed by atoms with Gasteiger partial charge < -0.3 is 10.2 Å². The Morgan fingerprint density at radius 1 is 1.11 bits per heavy atom. The quantitative estimate of drug-likeness (QED) is 0.754. The number of benzene rings is 1. The van der Waals surface area contributed by atoms with Crippen molar-refractivity contribution in [2.75, 3.05) is 18.0 Å². The fourth-order valence-electron chi connectivity index (χ4n) is 2.40. The second-order valence-corrected chi connectivity index (χ2v) is 5.27. The Kier molecular flexibility index (Phi) is 5.06. The summed E-state index contributed by atoms with van der Waals surface area (Å²) in [5.41, 5.74) is 2.88. The molecule has 0 amide bonds. The Labute approximate surface area is 111 Å². The molecule has 0 atom stereocenters. The van der Waals surface area contributed by atoms with Crippen LogP contribution in [0.25, 0.3) is 0 Å². The first kappa shape index (κ1) is 13.4. The predicted octanol–water partition coefficient (Wildman–Crippen LogP) is 3.57. The summed E-state index contributed by atoms with van der Waals surface area (Å²) < 4.78 is 0. The zero-order valence-corrected chi connectivity index (χ0v) is 11.8. The van der Waals surface area contributed by atoms with Gasteiger partial charge in [0, 0.05) is 31.4 Å². The second kappa shape index (κ2) is 6.79. The van der Waals surface area contributed by atoms with Crippen molar-refractivity contribution in [2.24, 2.45) is 0 Å². The Balaban J connectivity index is 2.06. The number of nitrogens with one attached hydrogen (secondary N) is 1. The lowest BCUT2D eigenvalue weighted by atomic mass is 10.1. The van der Waals surface area contributed by atoms with Gasteiger partial charge in [-0.1, -0.05) is 32.0 Å². The van der Waals surface area contributed by atoms with Crippen LogP contribution in [0.3, 0.4) is 0 Å². The van der Waals surface area contributed by atoms with Crippen LogP contribution in [-0.4, -0.2) is 19.1 Å². The molecule has 1 aromatic carbocycles. The highest BCUT2D eigenvalue weighted by Gasteiger charge is 2.20. The molecule has 100 valence electrons. The van der Waals surface area contributed by atoms with Gasteiger partial charge in [-0.3, -0.25) is 0 Å². The molecular weight excluding hydrogens is 220 g/mol. The molecule has 0 aromatic heterocycles. The molecule has 0 heterocycles. The van der Waals surface area contributed by atoms with Crippen molar-refractivity contribution in [3.8, 4) is 0 Å². The first-order valence-electron chi connectivity index (χ1n) is 7.41. The van der Waals surface area contributed by atoms with Crippen LogP contribution in [-0.2, 0) is 6.54 Å². The maximum atomic E-state index is 3.63. The number of para-hydroxylation sites is 1. The molecule has 1 aliphatic rings. The van der Waals surface area contributed by atoms with E-state index in [4.69, 9.17) is 0 Å². The number of rotatable bonds is 8. The maximum absolute atomic E-state index is 3.63. The minimum absolute atomic E-state index is 0.781. The SMILES string of the molecule is CCCN(CCC)c1ccccc1CNC1CC1. The number of hydrogen-bond acceptors (Lipinski definition) is 2. The average Bonchev–Trinajstić information content (AvgIpc) is 3.21. The third-order valence-corrected chi connectivity index (χ3v) is 3.48. The second-order valence-electron chi connectivity index (χ2n) is 5.27. The van der Waals surface area contributed by atoms with Crippen molar-refractivity contribution in [1.82, 2.24) is 5.32 Å². The molecule has 1 aliphatic carbocycles. The Hall–Kier alpha value is -1.02. The van der Waals surface area contributed by atoms with Gasteiger partial charge in [-0.15, -0.1) is 0 Å². The summed E-state index contributed by atoms with van der Waals surface area (Å²) >= 11 is 0. The first-order chi connectivity index (χ1) is 8.85. The van der Waals surface area contributed by atoms with Gasteiger partial charge in [-0.2, -0.15) is 0 Å². The van der Waals surface area contributed by atoms with Gasteiger partial charge in [-0.25, -0.2) is 0 Å². The molecule has 2 nitrogen and oxygen atoms in total. The van der Waals surface area contributed by atoms with Crippen LogP contribution in [0, 0.1) is 0 Å². The third kappa shape index (κ3) is 3.74. The highest BCUT2D eigenvalue weighted by atomic mass is 15.1. The topological polar surface area (TPSA) is 15.3 Å². The minimum atomic E-state index is 0.781. The smallest absolute Gasteiger partial charge is 0.0411 e. The monoisotopic (exact) mass is 246 g/mol. The van der Waals surface area contributed by atoms with Crippen molar-refractivity contribution in [3.05, 3.63) is 29.8 Å². The number of nitrogens with zero attached hydrogens (tertiary/aromatic N) is 1. The molecule has 0 bridgehead atoms. The first-order valence-corrected chi connectivity index (χ1v) is 7.41. The van der Waals surface area contributed by atoms with E-state index >= 15 is 0 Å². The minimum Gasteiger partial charge on any atom is -0.371 e. The maximum Gasteiger partial charge on any atom is 0.0411 e. The number of hydrogen-bond donors (Lipinski definition) is 1. The van der Waals surface area contributed by atoms with Crippen molar-refractivity contribution in [1.29, 1.82) is 0 Å². The summed E-state index contributed by atoms with van der Waals surface area (Å²) in [5, 5.41) is 3.63. The molecule has 0 aliphatic heterocycles. The van der Waals surface area contributed by atoms with Crippen LogP contribution in [0.4, 0.5) is 5.69 Å². The molecule has 0 radical (unpaired) electrons. The van der Waals surface area contributed by atoms with E-state index in [0.717, 1.165) is 25.7 Å². The molecule has 1 N–H and O–H groups in total. The van der Waals surface area contributed by atoms with Crippen LogP contribution in [0.5, 0.6) is 0 Å². The van der Waals surface area contributed by atoms with Gasteiger partial charge in [-0.05, 0) is 37.3 Å². The van der Waals surface area contributed by atoms with E-state index in [-0.39, 0.29) is 0 Å². The lowest BCUT2D eigenvalue weighted by molar-refractivity contribution is 0.678. The summed E-state index contributed by atoms with van der Waals surface area (Å²) in [4.78, 5) is 2.53. The molecule has 2 rings (SSSR count). The zero-order valence-electron chi connectivity index (χ0n) is 11.8. The van der Waals surface area contributed by atoms with Crippen molar-refractivity contribution in [3.63, 3.8) is 0 Å². The lowest BCUT2D eigenvalue weighted by Crippen LogP contribution is -2.27. The van der Waals surface area contributed by atoms with E-state index in [2.05, 4.69) is 48.3 Å². The zero-order chi connectivity index (χ0) is 12.8. The van der Waals surface area contributed by atoms with E-state index in [1.165, 1.54) is 36.9 Å². The fourth-order valence-corrected chi connectivity index (χ4v) is 2.40. The molecule has 1 fully saturated rings. The predicted molar refractivity (Wildman–Crippen MR) is 79.1 cm³/mol. The lowest BCUT2D eigenvalue weighted by Gasteiger charge is -2.26. The molecule has 0 saturated heterocycles. The van der Waals surface area contributed by atoms with Crippen molar-refractivity contribution < 1.29 is 0 Å². The summed E-state index contributed by atoms with van der Waals surface area (Å²) in [7, 11) is 0. The highest BCUT2D eigenvalue weighted by molar-refractivity contribution is 5.53. The van der Waals surface area contributed by atoms with E-state index < -0.39 is 0 Å². The van der Waals surface area contributed by atoms with Gasteiger partial charge in [0.2, 0.25) is 0 Å². The molecule has 18 heavy (non-hydrogen) atoms. The Bertz CT molecular complexity index is 352. The summed E-state index contributed by atoms with van der Waals surface area (Å²) in [6.07, 6.45) is 5.14. The Morgan fingerprint density at radius 2 is 1.78 bits per heavy atom. The van der Waals surface area contributed by atoms with Gasteiger partial charge in [0.25, 0.3) is 0 Å². The van der Waals surface area contributed by atoms with Crippen molar-refractivity contribution in [2.45, 2.75) is 52.1 Å². The Morgan fingerprint density at radius 3 is 2.39 bits per heavy atom. The molecule has 0 unspecified atom stereocenters. The normalized spacial score (nSPS) is 14.8. The van der Waals surface area contributed by atoms with Gasteiger partial charge in [0.1, 0.15) is 0 Å². The van der Waals surface area contributed by atoms with Crippen LogP contribution in [0.15, 0.2) is 24.3 Å². The summed E-state index contributed by atoms with van der Waals surface area (Å²) in [6, 6.07) is 9.64. The fraction of sp³-hybridized carbons (Fsp3) is 0.625. The van der Waals surface area contributed by atoms with Gasteiger partial charge in [0.15, 0.2) is 0 Å². The van der Waals surface area contributed by atoms with Crippen LogP contribution < -0.4 is 10.2 Å². The van der Waals surface area contributed by atoms with Crippen LogP contribution in [0.2, 0.25) is 0 Å². The van der Waals surface area contributed by atoms with Crippen molar-refractivity contribution >= 4 is 5.69 Å². The molecule has 2 heteroatoms. The standard InChI is InChI=1S/C16H26N2/c1-3-11-18(12-4-2)16-8-6-5-7-14(16)13-17-15-9-10-15/h5-8,15,17H,3-4,9-13H2,1-2H3. The average molecular weight is 246 g/mol. The van der Waals surface area contributed by atoms with Gasteiger partial charge in [0.05, 0.1) is 0 Å². The molecular formula is C16H26N2. The van der Waals surface area contributed by atoms with Gasteiger partial charge >= 0.3 is 0 Å². The number of anilines is 1. The van der Waals surface area contributed by atoms with Crippen LogP contribution >= 0.6 is 0 Å².